The monoisotopic (exact) mass is 342 g/mol. The molecule has 0 aromatic heterocycles. The average molecular weight is 343 g/mol. The highest BCUT2D eigenvalue weighted by Gasteiger charge is 2.44. The summed E-state index contributed by atoms with van der Waals surface area (Å²) >= 11 is 5.83. The zero-order chi connectivity index (χ0) is 17.2. The van der Waals surface area contributed by atoms with Gasteiger partial charge >= 0.3 is 0 Å². The third-order valence-electron chi connectivity index (χ3n) is 4.67. The molecular weight excluding hydrogens is 324 g/mol. The highest BCUT2D eigenvalue weighted by molar-refractivity contribution is 6.30. The van der Waals surface area contributed by atoms with Crippen LogP contribution in [0.2, 0.25) is 5.02 Å². The lowest BCUT2D eigenvalue weighted by molar-refractivity contribution is -0.129. The molecule has 1 aliphatic rings. The lowest BCUT2D eigenvalue weighted by atomic mass is 9.64. The molecule has 1 saturated carbocycles. The minimum Gasteiger partial charge on any atom is -0.358 e. The van der Waals surface area contributed by atoms with E-state index in [9.17, 15) is 9.59 Å². The van der Waals surface area contributed by atoms with E-state index in [2.05, 4.69) is 10.6 Å². The first-order valence-electron chi connectivity index (χ1n) is 7.95. The summed E-state index contributed by atoms with van der Waals surface area (Å²) in [5.74, 6) is -0.129. The van der Waals surface area contributed by atoms with Crippen molar-refractivity contribution in [2.45, 2.75) is 24.7 Å². The van der Waals surface area contributed by atoms with Crippen LogP contribution in [0.4, 0.5) is 5.69 Å². The first kappa shape index (κ1) is 16.5. The maximum Gasteiger partial charge on any atom is 0.255 e. The molecule has 2 amide bonds. The molecular formula is C19H19ClN2O2. The number of nitrogens with one attached hydrogen (secondary N) is 2. The Kier molecular flexibility index (Phi) is 4.58. The van der Waals surface area contributed by atoms with Crippen LogP contribution in [0, 0.1) is 0 Å². The average Bonchev–Trinajstić information content (AvgIpc) is 2.55. The number of amides is 2. The number of hydrogen-bond donors (Lipinski definition) is 2. The molecule has 2 aromatic carbocycles. The maximum absolute atomic E-state index is 12.2. The molecule has 0 aliphatic heterocycles. The van der Waals surface area contributed by atoms with E-state index in [-0.39, 0.29) is 11.8 Å². The van der Waals surface area contributed by atoms with Crippen molar-refractivity contribution < 1.29 is 9.59 Å². The first-order chi connectivity index (χ1) is 11.5. The number of hydrogen-bond acceptors (Lipinski definition) is 2. The Balaban J connectivity index is 1.74. The first-order valence-corrected chi connectivity index (χ1v) is 8.33. The number of carbonyl (C=O) groups excluding carboxylic acids is 2. The van der Waals surface area contributed by atoms with E-state index in [0.717, 1.165) is 24.8 Å². The molecule has 0 bridgehead atoms. The Bertz CT molecular complexity index is 750. The summed E-state index contributed by atoms with van der Waals surface area (Å²) in [5, 5.41) is 6.21. The van der Waals surface area contributed by atoms with Crippen LogP contribution in [0.15, 0.2) is 48.5 Å². The summed E-state index contributed by atoms with van der Waals surface area (Å²) in [7, 11) is 1.67. The Morgan fingerprint density at radius 1 is 1.00 bits per heavy atom. The van der Waals surface area contributed by atoms with Crippen molar-refractivity contribution in [3.05, 3.63) is 64.7 Å². The number of benzene rings is 2. The summed E-state index contributed by atoms with van der Waals surface area (Å²) in [4.78, 5) is 24.4. The van der Waals surface area contributed by atoms with Crippen LogP contribution >= 0.6 is 11.6 Å². The second kappa shape index (κ2) is 6.65. The fourth-order valence-electron chi connectivity index (χ4n) is 3.09. The highest BCUT2D eigenvalue weighted by Crippen LogP contribution is 2.44. The van der Waals surface area contributed by atoms with Gasteiger partial charge in [0.05, 0.1) is 5.41 Å². The van der Waals surface area contributed by atoms with Gasteiger partial charge in [0.15, 0.2) is 0 Å². The zero-order valence-electron chi connectivity index (χ0n) is 13.4. The van der Waals surface area contributed by atoms with Gasteiger partial charge in [0.25, 0.3) is 5.91 Å². The van der Waals surface area contributed by atoms with Gasteiger partial charge in [-0.25, -0.2) is 0 Å². The van der Waals surface area contributed by atoms with Gasteiger partial charge in [-0.2, -0.15) is 0 Å². The summed E-state index contributed by atoms with van der Waals surface area (Å²) in [6.07, 6.45) is 2.79. The lowest BCUT2D eigenvalue weighted by Crippen LogP contribution is -2.48. The number of rotatable bonds is 4. The molecule has 5 heteroatoms. The summed E-state index contributed by atoms with van der Waals surface area (Å²) in [5.41, 5.74) is 1.83. The standard InChI is InChI=1S/C19H19ClN2O2/c1-21-18(24)19(11-2-12-19)14-5-9-16(10-6-14)22-17(23)13-3-7-15(20)8-4-13/h3-10H,2,11-12H2,1H3,(H,21,24)(H,22,23). The van der Waals surface area contributed by atoms with Crippen molar-refractivity contribution in [2.75, 3.05) is 12.4 Å². The van der Waals surface area contributed by atoms with Crippen LogP contribution in [0.3, 0.4) is 0 Å². The van der Waals surface area contributed by atoms with Crippen molar-refractivity contribution in [2.24, 2.45) is 0 Å². The fourth-order valence-corrected chi connectivity index (χ4v) is 3.22. The van der Waals surface area contributed by atoms with E-state index in [0.29, 0.717) is 16.3 Å². The number of anilines is 1. The number of carbonyl (C=O) groups is 2. The van der Waals surface area contributed by atoms with Crippen LogP contribution in [0.25, 0.3) is 0 Å². The largest absolute Gasteiger partial charge is 0.358 e. The van der Waals surface area contributed by atoms with E-state index in [1.807, 2.05) is 24.3 Å². The molecule has 1 aliphatic carbocycles. The van der Waals surface area contributed by atoms with Crippen LogP contribution in [-0.4, -0.2) is 18.9 Å². The van der Waals surface area contributed by atoms with Crippen molar-refractivity contribution >= 4 is 29.1 Å². The van der Waals surface area contributed by atoms with Gasteiger partial charge in [0.2, 0.25) is 5.91 Å². The third kappa shape index (κ3) is 3.02. The Morgan fingerprint density at radius 3 is 2.12 bits per heavy atom. The second-order valence-corrected chi connectivity index (χ2v) is 6.49. The van der Waals surface area contributed by atoms with Crippen molar-refractivity contribution in [1.82, 2.24) is 5.32 Å². The van der Waals surface area contributed by atoms with Crippen molar-refractivity contribution in [3.63, 3.8) is 0 Å². The summed E-state index contributed by atoms with van der Waals surface area (Å²) in [6, 6.07) is 14.3. The molecule has 2 aromatic rings. The quantitative estimate of drug-likeness (QED) is 0.888. The van der Waals surface area contributed by atoms with Gasteiger partial charge in [0.1, 0.15) is 0 Å². The molecule has 24 heavy (non-hydrogen) atoms. The van der Waals surface area contributed by atoms with Crippen molar-refractivity contribution in [3.8, 4) is 0 Å². The minimum absolute atomic E-state index is 0.0618. The molecule has 1 fully saturated rings. The van der Waals surface area contributed by atoms with E-state index in [4.69, 9.17) is 11.6 Å². The van der Waals surface area contributed by atoms with Gasteiger partial charge in [-0.15, -0.1) is 0 Å². The predicted octanol–water partition coefficient (Wildman–Crippen LogP) is 3.76. The molecule has 0 spiro atoms. The molecule has 0 radical (unpaired) electrons. The van der Waals surface area contributed by atoms with Gasteiger partial charge in [-0.1, -0.05) is 30.2 Å². The van der Waals surface area contributed by atoms with Crippen LogP contribution in [0.1, 0.15) is 35.2 Å². The van der Waals surface area contributed by atoms with Gasteiger partial charge in [-0.05, 0) is 54.8 Å². The highest BCUT2D eigenvalue weighted by atomic mass is 35.5. The molecule has 4 nitrogen and oxygen atoms in total. The second-order valence-electron chi connectivity index (χ2n) is 6.05. The van der Waals surface area contributed by atoms with Crippen LogP contribution < -0.4 is 10.6 Å². The fraction of sp³-hybridized carbons (Fsp3) is 0.263. The summed E-state index contributed by atoms with van der Waals surface area (Å²) in [6.45, 7) is 0. The van der Waals surface area contributed by atoms with Crippen LogP contribution in [-0.2, 0) is 10.2 Å². The third-order valence-corrected chi connectivity index (χ3v) is 4.92. The van der Waals surface area contributed by atoms with Gasteiger partial charge < -0.3 is 10.6 Å². The van der Waals surface area contributed by atoms with E-state index < -0.39 is 5.41 Å². The molecule has 0 atom stereocenters. The lowest BCUT2D eigenvalue weighted by Gasteiger charge is -2.40. The van der Waals surface area contributed by atoms with Crippen molar-refractivity contribution in [1.29, 1.82) is 0 Å². The smallest absolute Gasteiger partial charge is 0.255 e. The Hall–Kier alpha value is -2.33. The van der Waals surface area contributed by atoms with Gasteiger partial charge in [-0.3, -0.25) is 9.59 Å². The molecule has 0 unspecified atom stereocenters. The Labute approximate surface area is 146 Å². The van der Waals surface area contributed by atoms with Gasteiger partial charge in [0, 0.05) is 23.3 Å². The molecule has 0 heterocycles. The van der Waals surface area contributed by atoms with E-state index >= 15 is 0 Å². The Morgan fingerprint density at radius 2 is 1.62 bits per heavy atom. The predicted molar refractivity (Wildman–Crippen MR) is 95.4 cm³/mol. The SMILES string of the molecule is CNC(=O)C1(c2ccc(NC(=O)c3ccc(Cl)cc3)cc2)CCC1. The maximum atomic E-state index is 12.2. The molecule has 0 saturated heterocycles. The van der Waals surface area contributed by atoms with Crippen LogP contribution in [0.5, 0.6) is 0 Å². The number of halogens is 1. The minimum atomic E-state index is -0.409. The number of likely N-dealkylation sites (N-methyl/N-ethyl adjacent to an activating group) is 1. The molecule has 124 valence electrons. The molecule has 3 rings (SSSR count). The summed E-state index contributed by atoms with van der Waals surface area (Å²) < 4.78 is 0. The normalized spacial score (nSPS) is 15.2. The van der Waals surface area contributed by atoms with E-state index in [1.165, 1.54) is 0 Å². The molecule has 2 N–H and O–H groups in total. The topological polar surface area (TPSA) is 58.2 Å². The van der Waals surface area contributed by atoms with E-state index in [1.54, 1.807) is 31.3 Å². The zero-order valence-corrected chi connectivity index (χ0v) is 14.2.